The van der Waals surface area contributed by atoms with E-state index in [4.69, 9.17) is 11.5 Å². The van der Waals surface area contributed by atoms with Crippen LogP contribution in [0.5, 0.6) is 0 Å². The zero-order valence-corrected chi connectivity index (χ0v) is 11.4. The molecule has 2 aliphatic rings. The van der Waals surface area contributed by atoms with Crippen LogP contribution in [0.1, 0.15) is 51.4 Å². The van der Waals surface area contributed by atoms with Gasteiger partial charge in [0.05, 0.1) is 5.92 Å². The monoisotopic (exact) mass is 267 g/mol. The molecule has 2 rings (SSSR count). The van der Waals surface area contributed by atoms with Crippen LogP contribution in [0.15, 0.2) is 0 Å². The highest BCUT2D eigenvalue weighted by Gasteiger charge is 2.31. The molecule has 5 nitrogen and oxygen atoms in total. The van der Waals surface area contributed by atoms with Gasteiger partial charge < -0.3 is 16.8 Å². The van der Waals surface area contributed by atoms with Crippen LogP contribution in [-0.4, -0.2) is 23.9 Å². The lowest BCUT2D eigenvalue weighted by atomic mass is 9.82. The summed E-state index contributed by atoms with van der Waals surface area (Å²) in [4.78, 5) is 23.3. The standard InChI is InChI=1S/C14H25N3O2/c15-12-4-2-1-3-11(12)14(19)17-10-7-5-9(6-8-10)13(16)18/h9-12H,1-8,15H2,(H2,16,18)(H,17,19). The molecule has 0 aromatic carbocycles. The van der Waals surface area contributed by atoms with Crippen molar-refractivity contribution in [2.45, 2.75) is 63.5 Å². The third-order valence-electron chi connectivity index (χ3n) is 4.63. The summed E-state index contributed by atoms with van der Waals surface area (Å²) in [5.41, 5.74) is 11.3. The normalized spacial score (nSPS) is 35.6. The van der Waals surface area contributed by atoms with Crippen molar-refractivity contribution in [3.63, 3.8) is 0 Å². The molecule has 2 unspecified atom stereocenters. The number of hydrogen-bond donors (Lipinski definition) is 3. The number of primary amides is 1. The van der Waals surface area contributed by atoms with Gasteiger partial charge in [0.1, 0.15) is 0 Å². The lowest BCUT2D eigenvalue weighted by Gasteiger charge is -2.32. The van der Waals surface area contributed by atoms with Crippen LogP contribution in [-0.2, 0) is 9.59 Å². The fourth-order valence-corrected chi connectivity index (χ4v) is 3.32. The van der Waals surface area contributed by atoms with Crippen LogP contribution in [0.4, 0.5) is 0 Å². The predicted octanol–water partition coefficient (Wildman–Crippen LogP) is 0.664. The highest BCUT2D eigenvalue weighted by molar-refractivity contribution is 5.80. The third-order valence-corrected chi connectivity index (χ3v) is 4.63. The number of rotatable bonds is 3. The molecular formula is C14H25N3O2. The van der Waals surface area contributed by atoms with Crippen molar-refractivity contribution in [2.75, 3.05) is 0 Å². The Kier molecular flexibility index (Phi) is 4.80. The Bertz CT molecular complexity index is 338. The molecule has 0 saturated heterocycles. The van der Waals surface area contributed by atoms with Crippen LogP contribution in [0.2, 0.25) is 0 Å². The Hall–Kier alpha value is -1.10. The van der Waals surface area contributed by atoms with E-state index in [0.717, 1.165) is 51.4 Å². The Labute approximate surface area is 114 Å². The van der Waals surface area contributed by atoms with Crippen molar-refractivity contribution in [2.24, 2.45) is 23.3 Å². The molecule has 0 radical (unpaired) electrons. The molecule has 2 atom stereocenters. The van der Waals surface area contributed by atoms with E-state index in [1.807, 2.05) is 0 Å². The number of carbonyl (C=O) groups excluding carboxylic acids is 2. The van der Waals surface area contributed by atoms with E-state index < -0.39 is 0 Å². The number of nitrogens with one attached hydrogen (secondary N) is 1. The second-order valence-electron chi connectivity index (χ2n) is 6.01. The summed E-state index contributed by atoms with van der Waals surface area (Å²) in [6, 6.07) is 0.202. The van der Waals surface area contributed by atoms with Gasteiger partial charge in [0.2, 0.25) is 11.8 Å². The van der Waals surface area contributed by atoms with E-state index in [2.05, 4.69) is 5.32 Å². The predicted molar refractivity (Wildman–Crippen MR) is 73.0 cm³/mol. The Morgan fingerprint density at radius 3 is 2.16 bits per heavy atom. The zero-order chi connectivity index (χ0) is 13.8. The summed E-state index contributed by atoms with van der Waals surface area (Å²) in [7, 11) is 0. The molecule has 0 bridgehead atoms. The number of nitrogens with two attached hydrogens (primary N) is 2. The number of hydrogen-bond acceptors (Lipinski definition) is 3. The minimum atomic E-state index is -0.209. The van der Waals surface area contributed by atoms with Gasteiger partial charge >= 0.3 is 0 Å². The van der Waals surface area contributed by atoms with E-state index >= 15 is 0 Å². The van der Waals surface area contributed by atoms with Crippen molar-refractivity contribution in [3.05, 3.63) is 0 Å². The molecule has 0 aromatic heterocycles. The molecule has 0 spiro atoms. The van der Waals surface area contributed by atoms with Crippen molar-refractivity contribution < 1.29 is 9.59 Å². The lowest BCUT2D eigenvalue weighted by molar-refractivity contribution is -0.127. The Morgan fingerprint density at radius 1 is 0.947 bits per heavy atom. The molecule has 2 amide bonds. The fourth-order valence-electron chi connectivity index (χ4n) is 3.32. The quantitative estimate of drug-likeness (QED) is 0.700. The molecule has 5 heteroatoms. The van der Waals surface area contributed by atoms with Crippen LogP contribution >= 0.6 is 0 Å². The molecule has 0 heterocycles. The lowest BCUT2D eigenvalue weighted by Crippen LogP contribution is -2.48. The molecule has 19 heavy (non-hydrogen) atoms. The van der Waals surface area contributed by atoms with Gasteiger partial charge in [-0.1, -0.05) is 12.8 Å². The summed E-state index contributed by atoms with van der Waals surface area (Å²) < 4.78 is 0. The van der Waals surface area contributed by atoms with Gasteiger partial charge in [-0.2, -0.15) is 0 Å². The highest BCUT2D eigenvalue weighted by Crippen LogP contribution is 2.26. The van der Waals surface area contributed by atoms with Gasteiger partial charge in [-0.3, -0.25) is 9.59 Å². The van der Waals surface area contributed by atoms with E-state index in [0.29, 0.717) is 0 Å². The average molecular weight is 267 g/mol. The Morgan fingerprint density at radius 2 is 1.58 bits per heavy atom. The highest BCUT2D eigenvalue weighted by atomic mass is 16.2. The Balaban J connectivity index is 1.78. The minimum absolute atomic E-state index is 0.00918. The summed E-state index contributed by atoms with van der Waals surface area (Å²) >= 11 is 0. The van der Waals surface area contributed by atoms with Gasteiger partial charge in [0.15, 0.2) is 0 Å². The van der Waals surface area contributed by atoms with E-state index in [-0.39, 0.29) is 35.7 Å². The molecule has 2 saturated carbocycles. The van der Waals surface area contributed by atoms with Crippen molar-refractivity contribution in [1.82, 2.24) is 5.32 Å². The summed E-state index contributed by atoms with van der Waals surface area (Å²) in [5, 5.41) is 3.11. The topological polar surface area (TPSA) is 98.2 Å². The minimum Gasteiger partial charge on any atom is -0.369 e. The molecule has 5 N–H and O–H groups in total. The maximum Gasteiger partial charge on any atom is 0.224 e. The smallest absolute Gasteiger partial charge is 0.224 e. The average Bonchev–Trinajstić information content (AvgIpc) is 2.39. The third kappa shape index (κ3) is 3.69. The fraction of sp³-hybridized carbons (Fsp3) is 0.857. The van der Waals surface area contributed by atoms with E-state index in [9.17, 15) is 9.59 Å². The SMILES string of the molecule is NC(=O)C1CCC(NC(=O)C2CCCCC2N)CC1. The maximum absolute atomic E-state index is 12.2. The van der Waals surface area contributed by atoms with Crippen LogP contribution in [0.25, 0.3) is 0 Å². The van der Waals surface area contributed by atoms with Gasteiger partial charge in [0.25, 0.3) is 0 Å². The first-order chi connectivity index (χ1) is 9.08. The first kappa shape index (κ1) is 14.3. The molecule has 0 aromatic rings. The molecule has 0 aliphatic heterocycles. The summed E-state index contributed by atoms with van der Waals surface area (Å²) in [5.74, 6) is -0.137. The van der Waals surface area contributed by atoms with Gasteiger partial charge in [0, 0.05) is 18.0 Å². The molecule has 2 aliphatic carbocycles. The second-order valence-corrected chi connectivity index (χ2v) is 6.01. The number of carbonyl (C=O) groups is 2. The number of amides is 2. The molecular weight excluding hydrogens is 242 g/mol. The van der Waals surface area contributed by atoms with Gasteiger partial charge in [-0.15, -0.1) is 0 Å². The van der Waals surface area contributed by atoms with Crippen molar-refractivity contribution in [1.29, 1.82) is 0 Å². The molecule has 108 valence electrons. The van der Waals surface area contributed by atoms with Crippen molar-refractivity contribution >= 4 is 11.8 Å². The summed E-state index contributed by atoms with van der Waals surface area (Å²) in [6.45, 7) is 0. The first-order valence-corrected chi connectivity index (χ1v) is 7.43. The summed E-state index contributed by atoms with van der Waals surface area (Å²) in [6.07, 6.45) is 7.36. The van der Waals surface area contributed by atoms with Crippen molar-refractivity contribution in [3.8, 4) is 0 Å². The maximum atomic E-state index is 12.2. The first-order valence-electron chi connectivity index (χ1n) is 7.43. The largest absolute Gasteiger partial charge is 0.369 e. The van der Waals surface area contributed by atoms with Crippen LogP contribution in [0, 0.1) is 11.8 Å². The zero-order valence-electron chi connectivity index (χ0n) is 11.4. The second kappa shape index (κ2) is 6.37. The van der Waals surface area contributed by atoms with Crippen LogP contribution < -0.4 is 16.8 Å². The van der Waals surface area contributed by atoms with Crippen LogP contribution in [0.3, 0.4) is 0 Å². The molecule has 2 fully saturated rings. The van der Waals surface area contributed by atoms with E-state index in [1.165, 1.54) is 0 Å². The van der Waals surface area contributed by atoms with Gasteiger partial charge in [-0.25, -0.2) is 0 Å². The van der Waals surface area contributed by atoms with E-state index in [1.54, 1.807) is 0 Å². The van der Waals surface area contributed by atoms with Gasteiger partial charge in [-0.05, 0) is 38.5 Å².